The van der Waals surface area contributed by atoms with Crippen molar-refractivity contribution in [1.29, 1.82) is 0 Å². The van der Waals surface area contributed by atoms with Gasteiger partial charge < -0.3 is 19.5 Å². The first-order valence-corrected chi connectivity index (χ1v) is 11.8. The topological polar surface area (TPSA) is 111 Å². The third-order valence-electron chi connectivity index (χ3n) is 6.91. The Bertz CT molecular complexity index is 1440. The standard InChI is InChI=1S/C27H27N3O6/c1-16-12-17(2)25-18(13-16)21(32)15-27(36-25)8-10-29(11-9-27)26(34)24-20(31)14-23(33)30(28-24)19-6-4-5-7-22(19)35-3/h4-7,12-14,31H,8-11,15H2,1-3H3. The minimum Gasteiger partial charge on any atom is -0.505 e. The second kappa shape index (κ2) is 8.82. The molecule has 0 unspecified atom stereocenters. The fraction of sp³-hybridized carbons (Fsp3) is 0.333. The molecule has 186 valence electrons. The smallest absolute Gasteiger partial charge is 0.278 e. The van der Waals surface area contributed by atoms with Gasteiger partial charge in [-0.1, -0.05) is 18.2 Å². The number of piperidine rings is 1. The maximum Gasteiger partial charge on any atom is 0.278 e. The largest absolute Gasteiger partial charge is 0.505 e. The molecule has 1 amide bonds. The summed E-state index contributed by atoms with van der Waals surface area (Å²) in [6, 6.07) is 11.6. The third-order valence-corrected chi connectivity index (χ3v) is 6.91. The number of amides is 1. The quantitative estimate of drug-likeness (QED) is 0.601. The molecular formula is C27H27N3O6. The molecule has 2 aromatic carbocycles. The zero-order chi connectivity index (χ0) is 25.6. The van der Waals surface area contributed by atoms with Crippen LogP contribution in [-0.2, 0) is 0 Å². The number of nitrogens with zero attached hydrogens (tertiary/aromatic N) is 3. The first-order valence-electron chi connectivity index (χ1n) is 11.8. The van der Waals surface area contributed by atoms with E-state index in [1.54, 1.807) is 29.2 Å². The van der Waals surface area contributed by atoms with E-state index in [2.05, 4.69) is 5.10 Å². The number of likely N-dealkylation sites (tertiary alicyclic amines) is 1. The molecule has 9 nitrogen and oxygen atoms in total. The van der Waals surface area contributed by atoms with Crippen molar-refractivity contribution in [3.05, 3.63) is 75.2 Å². The minimum absolute atomic E-state index is 0.0472. The minimum atomic E-state index is -0.674. The summed E-state index contributed by atoms with van der Waals surface area (Å²) in [6.45, 7) is 4.53. The third kappa shape index (κ3) is 4.00. The van der Waals surface area contributed by atoms with Crippen molar-refractivity contribution in [2.45, 2.75) is 38.7 Å². The van der Waals surface area contributed by atoms with E-state index in [9.17, 15) is 19.5 Å². The molecule has 0 saturated carbocycles. The summed E-state index contributed by atoms with van der Waals surface area (Å²) in [4.78, 5) is 40.4. The second-order valence-corrected chi connectivity index (χ2v) is 9.44. The molecule has 1 fully saturated rings. The predicted octanol–water partition coefficient (Wildman–Crippen LogP) is 3.20. The molecule has 3 aromatic rings. The lowest BCUT2D eigenvalue weighted by Gasteiger charge is -2.44. The first-order chi connectivity index (χ1) is 17.2. The fourth-order valence-corrected chi connectivity index (χ4v) is 5.06. The molecule has 0 aliphatic carbocycles. The first kappa shape index (κ1) is 23.6. The molecule has 1 spiro atoms. The Balaban J connectivity index is 1.39. The van der Waals surface area contributed by atoms with Crippen molar-refractivity contribution in [2.75, 3.05) is 20.2 Å². The molecule has 1 N–H and O–H groups in total. The van der Waals surface area contributed by atoms with Gasteiger partial charge in [0.25, 0.3) is 11.5 Å². The lowest BCUT2D eigenvalue weighted by atomic mass is 9.81. The molecule has 2 aliphatic rings. The number of benzene rings is 2. The van der Waals surface area contributed by atoms with Gasteiger partial charge in [0.1, 0.15) is 22.8 Å². The van der Waals surface area contributed by atoms with Crippen LogP contribution in [0.25, 0.3) is 5.69 Å². The van der Waals surface area contributed by atoms with Gasteiger partial charge in [-0.25, -0.2) is 0 Å². The molecule has 3 heterocycles. The molecule has 9 heteroatoms. The molecule has 1 aromatic heterocycles. The summed E-state index contributed by atoms with van der Waals surface area (Å²) in [6.07, 6.45) is 1.18. The van der Waals surface area contributed by atoms with Gasteiger partial charge in [0.2, 0.25) is 0 Å². The van der Waals surface area contributed by atoms with E-state index < -0.39 is 22.8 Å². The van der Waals surface area contributed by atoms with Crippen molar-refractivity contribution in [3.8, 4) is 22.9 Å². The van der Waals surface area contributed by atoms with Crippen molar-refractivity contribution in [3.63, 3.8) is 0 Å². The highest BCUT2D eigenvalue weighted by molar-refractivity contribution is 6.01. The van der Waals surface area contributed by atoms with E-state index >= 15 is 0 Å². The van der Waals surface area contributed by atoms with Gasteiger partial charge >= 0.3 is 0 Å². The van der Waals surface area contributed by atoms with Crippen LogP contribution in [0.4, 0.5) is 0 Å². The van der Waals surface area contributed by atoms with E-state index in [1.807, 2.05) is 26.0 Å². The van der Waals surface area contributed by atoms with Crippen LogP contribution in [-0.4, -0.2) is 57.3 Å². The summed E-state index contributed by atoms with van der Waals surface area (Å²) >= 11 is 0. The summed E-state index contributed by atoms with van der Waals surface area (Å²) in [5, 5.41) is 14.6. The molecule has 36 heavy (non-hydrogen) atoms. The number of ketones is 1. The summed E-state index contributed by atoms with van der Waals surface area (Å²) in [7, 11) is 1.47. The maximum atomic E-state index is 13.3. The number of hydrogen-bond donors (Lipinski definition) is 1. The predicted molar refractivity (Wildman–Crippen MR) is 131 cm³/mol. The lowest BCUT2D eigenvalue weighted by molar-refractivity contribution is -0.00642. The Hall–Kier alpha value is -4.14. The van der Waals surface area contributed by atoms with Crippen molar-refractivity contribution in [1.82, 2.24) is 14.7 Å². The molecule has 1 saturated heterocycles. The Labute approximate surface area is 207 Å². The van der Waals surface area contributed by atoms with Gasteiger partial charge in [0.15, 0.2) is 17.2 Å². The summed E-state index contributed by atoms with van der Waals surface area (Å²) in [5.41, 5.74) is 1.41. The molecule has 0 bridgehead atoms. The van der Waals surface area contributed by atoms with E-state index in [0.717, 1.165) is 21.9 Å². The van der Waals surface area contributed by atoms with Gasteiger partial charge in [-0.2, -0.15) is 9.78 Å². The van der Waals surface area contributed by atoms with Crippen molar-refractivity contribution < 1.29 is 24.2 Å². The normalized spacial score (nSPS) is 16.4. The number of Topliss-reactive ketones (excluding diaryl/α,β-unsaturated/α-hetero) is 1. The van der Waals surface area contributed by atoms with Gasteiger partial charge in [0, 0.05) is 32.0 Å². The fourth-order valence-electron chi connectivity index (χ4n) is 5.06. The number of para-hydroxylation sites is 2. The van der Waals surface area contributed by atoms with Crippen LogP contribution in [0.15, 0.2) is 47.3 Å². The zero-order valence-corrected chi connectivity index (χ0v) is 20.4. The highest BCUT2D eigenvalue weighted by Crippen LogP contribution is 2.41. The van der Waals surface area contributed by atoms with Crippen LogP contribution in [0, 0.1) is 13.8 Å². The van der Waals surface area contributed by atoms with Gasteiger partial charge in [-0.05, 0) is 43.2 Å². The number of ether oxygens (including phenoxy) is 2. The summed E-state index contributed by atoms with van der Waals surface area (Å²) < 4.78 is 12.8. The van der Waals surface area contributed by atoms with Crippen LogP contribution >= 0.6 is 0 Å². The second-order valence-electron chi connectivity index (χ2n) is 9.44. The number of carbonyl (C=O) groups is 2. The number of carbonyl (C=O) groups excluding carboxylic acids is 2. The maximum absolute atomic E-state index is 13.3. The Morgan fingerprint density at radius 1 is 1.11 bits per heavy atom. The van der Waals surface area contributed by atoms with E-state index in [4.69, 9.17) is 9.47 Å². The highest BCUT2D eigenvalue weighted by atomic mass is 16.5. The number of aromatic hydroxyl groups is 1. The molecule has 2 aliphatic heterocycles. The zero-order valence-electron chi connectivity index (χ0n) is 20.4. The molecule has 0 atom stereocenters. The van der Waals surface area contributed by atoms with Crippen LogP contribution < -0.4 is 15.0 Å². The Kier molecular flexibility index (Phi) is 5.78. The Morgan fingerprint density at radius 2 is 1.83 bits per heavy atom. The number of aromatic nitrogens is 2. The van der Waals surface area contributed by atoms with Crippen molar-refractivity contribution in [2.24, 2.45) is 0 Å². The number of fused-ring (bicyclic) bond motifs is 1. The average molecular weight is 490 g/mol. The van der Waals surface area contributed by atoms with Crippen LogP contribution in [0.5, 0.6) is 17.2 Å². The molecular weight excluding hydrogens is 462 g/mol. The lowest BCUT2D eigenvalue weighted by Crippen LogP contribution is -2.52. The van der Waals surface area contributed by atoms with Crippen LogP contribution in [0.2, 0.25) is 0 Å². The monoisotopic (exact) mass is 489 g/mol. The van der Waals surface area contributed by atoms with Crippen molar-refractivity contribution >= 4 is 11.7 Å². The number of aryl methyl sites for hydroxylation is 2. The molecule has 0 radical (unpaired) electrons. The highest BCUT2D eigenvalue weighted by Gasteiger charge is 2.44. The summed E-state index contributed by atoms with van der Waals surface area (Å²) in [5.74, 6) is 0.0904. The van der Waals surface area contributed by atoms with Gasteiger partial charge in [-0.15, -0.1) is 0 Å². The van der Waals surface area contributed by atoms with Crippen LogP contribution in [0.1, 0.15) is 51.2 Å². The SMILES string of the molecule is COc1ccccc1-n1nc(C(=O)N2CCC3(CC2)CC(=O)c2cc(C)cc(C)c2O3)c(O)cc1=O. The Morgan fingerprint density at radius 3 is 2.56 bits per heavy atom. The van der Waals surface area contributed by atoms with E-state index in [0.29, 0.717) is 48.7 Å². The van der Waals surface area contributed by atoms with E-state index in [-0.39, 0.29) is 17.9 Å². The number of hydrogen-bond acceptors (Lipinski definition) is 7. The van der Waals surface area contributed by atoms with Crippen LogP contribution in [0.3, 0.4) is 0 Å². The molecule has 5 rings (SSSR count). The van der Waals surface area contributed by atoms with Gasteiger partial charge in [0.05, 0.1) is 19.1 Å². The number of methoxy groups -OCH3 is 1. The van der Waals surface area contributed by atoms with E-state index in [1.165, 1.54) is 7.11 Å². The van der Waals surface area contributed by atoms with Gasteiger partial charge in [-0.3, -0.25) is 14.4 Å². The average Bonchev–Trinajstić information content (AvgIpc) is 2.85. The number of rotatable bonds is 3.